The second-order valence-electron chi connectivity index (χ2n) is 4.00. The molecule has 0 heterocycles. The Morgan fingerprint density at radius 3 is 2.32 bits per heavy atom. The third kappa shape index (κ3) is 4.03. The molecule has 0 aliphatic carbocycles. The maximum atomic E-state index is 13.3. The van der Waals surface area contributed by atoms with Crippen LogP contribution < -0.4 is 10.5 Å². The minimum atomic E-state index is -0.351. The van der Waals surface area contributed by atoms with E-state index in [0.717, 1.165) is 10.0 Å². The minimum Gasteiger partial charge on any atom is -0.484 e. The lowest BCUT2D eigenvalue weighted by Crippen LogP contribution is -2.18. The molecule has 2 aromatic rings. The molecule has 2 N–H and O–H groups in total. The summed E-state index contributed by atoms with van der Waals surface area (Å²) in [6.45, 7) is 0.315. The van der Waals surface area contributed by atoms with Gasteiger partial charge in [0, 0.05) is 21.6 Å². The van der Waals surface area contributed by atoms with Crippen LogP contribution in [-0.4, -0.2) is 6.54 Å². The van der Waals surface area contributed by atoms with E-state index in [0.29, 0.717) is 16.8 Å². The molecule has 0 bridgehead atoms. The molecule has 0 aliphatic heterocycles. The molecule has 0 saturated carbocycles. The fourth-order valence-corrected chi connectivity index (χ4v) is 2.40. The van der Waals surface area contributed by atoms with Crippen molar-refractivity contribution in [2.24, 2.45) is 5.73 Å². The van der Waals surface area contributed by atoms with Gasteiger partial charge in [0.25, 0.3) is 0 Å². The molecular weight excluding hydrogens is 377 g/mol. The quantitative estimate of drug-likeness (QED) is 0.840. The average Bonchev–Trinajstić information content (AvgIpc) is 2.36. The molecule has 2 nitrogen and oxygen atoms in total. The zero-order valence-electron chi connectivity index (χ0n) is 9.95. The van der Waals surface area contributed by atoms with Crippen LogP contribution in [0.15, 0.2) is 51.4 Å². The predicted octanol–water partition coefficient (Wildman–Crippen LogP) is 4.43. The highest BCUT2D eigenvalue weighted by atomic mass is 79.9. The summed E-state index contributed by atoms with van der Waals surface area (Å²) in [6.07, 6.45) is -0.304. The van der Waals surface area contributed by atoms with Gasteiger partial charge in [-0.15, -0.1) is 0 Å². The molecule has 0 aliphatic rings. The van der Waals surface area contributed by atoms with Crippen LogP contribution in [0.4, 0.5) is 4.39 Å². The highest BCUT2D eigenvalue weighted by molar-refractivity contribution is 9.10. The summed E-state index contributed by atoms with van der Waals surface area (Å²) in [7, 11) is 0. The van der Waals surface area contributed by atoms with E-state index < -0.39 is 0 Å². The molecule has 1 atom stereocenters. The van der Waals surface area contributed by atoms with E-state index in [9.17, 15) is 4.39 Å². The van der Waals surface area contributed by atoms with Gasteiger partial charge in [0.2, 0.25) is 0 Å². The summed E-state index contributed by atoms with van der Waals surface area (Å²) in [5, 5.41) is 0. The second kappa shape index (κ2) is 6.50. The summed E-state index contributed by atoms with van der Waals surface area (Å²) in [4.78, 5) is 0. The Bertz CT molecular complexity index is 540. The number of benzene rings is 2. The first kappa shape index (κ1) is 14.5. The third-order valence-corrected chi connectivity index (χ3v) is 3.56. The van der Waals surface area contributed by atoms with Crippen LogP contribution in [0, 0.1) is 5.82 Å². The Morgan fingerprint density at radius 2 is 1.74 bits per heavy atom. The van der Waals surface area contributed by atoms with E-state index in [1.54, 1.807) is 6.07 Å². The van der Waals surface area contributed by atoms with Crippen LogP contribution in [0.5, 0.6) is 5.75 Å². The van der Waals surface area contributed by atoms with Crippen LogP contribution in [0.2, 0.25) is 0 Å². The van der Waals surface area contributed by atoms with Crippen molar-refractivity contribution in [3.63, 3.8) is 0 Å². The lowest BCUT2D eigenvalue weighted by molar-refractivity contribution is 0.213. The molecule has 2 rings (SSSR count). The predicted molar refractivity (Wildman–Crippen MR) is 80.7 cm³/mol. The molecule has 0 radical (unpaired) electrons. The Hall–Kier alpha value is -0.910. The maximum Gasteiger partial charge on any atom is 0.136 e. The van der Waals surface area contributed by atoms with Gasteiger partial charge in [-0.1, -0.05) is 44.0 Å². The Labute approximate surface area is 128 Å². The summed E-state index contributed by atoms with van der Waals surface area (Å²) in [6, 6.07) is 12.1. The van der Waals surface area contributed by atoms with Crippen molar-refractivity contribution < 1.29 is 9.13 Å². The van der Waals surface area contributed by atoms with E-state index in [1.807, 2.05) is 24.3 Å². The van der Waals surface area contributed by atoms with Crippen molar-refractivity contribution in [1.82, 2.24) is 0 Å². The van der Waals surface area contributed by atoms with Gasteiger partial charge in [-0.25, -0.2) is 4.39 Å². The summed E-state index contributed by atoms with van der Waals surface area (Å²) >= 11 is 6.61. The van der Waals surface area contributed by atoms with E-state index in [4.69, 9.17) is 10.5 Å². The first-order valence-electron chi connectivity index (χ1n) is 5.67. The molecule has 0 spiro atoms. The fraction of sp³-hybridized carbons (Fsp3) is 0.143. The monoisotopic (exact) mass is 387 g/mol. The van der Waals surface area contributed by atoms with Crippen molar-refractivity contribution >= 4 is 31.9 Å². The SMILES string of the molecule is NCC(Oc1cc(F)cc(Br)c1)c1ccc(Br)cc1. The molecule has 100 valence electrons. The molecule has 0 aromatic heterocycles. The molecule has 19 heavy (non-hydrogen) atoms. The standard InChI is InChI=1S/C14H12Br2FNO/c15-10-3-1-9(2-4-10)14(8-18)19-13-6-11(16)5-12(17)7-13/h1-7,14H,8,18H2. The number of halogens is 3. The maximum absolute atomic E-state index is 13.3. The topological polar surface area (TPSA) is 35.2 Å². The molecule has 0 amide bonds. The normalized spacial score (nSPS) is 12.2. The molecule has 1 unspecified atom stereocenters. The van der Waals surface area contributed by atoms with E-state index in [-0.39, 0.29) is 11.9 Å². The number of rotatable bonds is 4. The summed E-state index contributed by atoms with van der Waals surface area (Å²) in [5.41, 5.74) is 6.67. The lowest BCUT2D eigenvalue weighted by Gasteiger charge is -2.18. The lowest BCUT2D eigenvalue weighted by atomic mass is 10.1. The second-order valence-corrected chi connectivity index (χ2v) is 5.83. The van der Waals surface area contributed by atoms with Gasteiger partial charge in [-0.3, -0.25) is 0 Å². The zero-order chi connectivity index (χ0) is 13.8. The van der Waals surface area contributed by atoms with Crippen molar-refractivity contribution in [1.29, 1.82) is 0 Å². The van der Waals surface area contributed by atoms with Gasteiger partial charge in [0.15, 0.2) is 0 Å². The van der Waals surface area contributed by atoms with Crippen LogP contribution in [0.1, 0.15) is 11.7 Å². The van der Waals surface area contributed by atoms with Crippen molar-refractivity contribution in [3.05, 3.63) is 62.8 Å². The van der Waals surface area contributed by atoms with Crippen molar-refractivity contribution in [2.45, 2.75) is 6.10 Å². The van der Waals surface area contributed by atoms with Crippen LogP contribution in [-0.2, 0) is 0 Å². The van der Waals surface area contributed by atoms with Crippen LogP contribution in [0.3, 0.4) is 0 Å². The van der Waals surface area contributed by atoms with Crippen LogP contribution in [0.25, 0.3) is 0 Å². The first-order valence-corrected chi connectivity index (χ1v) is 7.25. The molecule has 0 fully saturated rings. The van der Waals surface area contributed by atoms with Gasteiger partial charge in [-0.2, -0.15) is 0 Å². The summed E-state index contributed by atoms with van der Waals surface area (Å²) < 4.78 is 20.7. The number of nitrogens with two attached hydrogens (primary N) is 1. The highest BCUT2D eigenvalue weighted by Crippen LogP contribution is 2.26. The van der Waals surface area contributed by atoms with Gasteiger partial charge in [0.1, 0.15) is 17.7 Å². The molecule has 0 saturated heterocycles. The van der Waals surface area contributed by atoms with Gasteiger partial charge in [-0.05, 0) is 29.8 Å². The number of ether oxygens (including phenoxy) is 1. The Morgan fingerprint density at radius 1 is 1.05 bits per heavy atom. The molecular formula is C14H12Br2FNO. The Kier molecular flexibility index (Phi) is 4.96. The third-order valence-electron chi connectivity index (χ3n) is 2.57. The van der Waals surface area contributed by atoms with Crippen LogP contribution >= 0.6 is 31.9 Å². The highest BCUT2D eigenvalue weighted by Gasteiger charge is 2.12. The molecule has 2 aromatic carbocycles. The van der Waals surface area contributed by atoms with Crippen molar-refractivity contribution in [2.75, 3.05) is 6.54 Å². The fourth-order valence-electron chi connectivity index (χ4n) is 1.69. The minimum absolute atomic E-state index is 0.304. The van der Waals surface area contributed by atoms with Gasteiger partial charge in [0.05, 0.1) is 0 Å². The van der Waals surface area contributed by atoms with E-state index >= 15 is 0 Å². The first-order chi connectivity index (χ1) is 9.08. The zero-order valence-corrected chi connectivity index (χ0v) is 13.1. The van der Waals surface area contributed by atoms with Gasteiger partial charge >= 0.3 is 0 Å². The summed E-state index contributed by atoms with van der Waals surface area (Å²) in [5.74, 6) is 0.0983. The number of hydrogen-bond acceptors (Lipinski definition) is 2. The largest absolute Gasteiger partial charge is 0.484 e. The smallest absolute Gasteiger partial charge is 0.136 e. The van der Waals surface area contributed by atoms with E-state index in [1.165, 1.54) is 12.1 Å². The van der Waals surface area contributed by atoms with Gasteiger partial charge < -0.3 is 10.5 Å². The molecule has 5 heteroatoms. The average molecular weight is 389 g/mol. The van der Waals surface area contributed by atoms with E-state index in [2.05, 4.69) is 31.9 Å². The Balaban J connectivity index is 2.21. The van der Waals surface area contributed by atoms with Crippen molar-refractivity contribution in [3.8, 4) is 5.75 Å². The number of hydrogen-bond donors (Lipinski definition) is 1.